The Kier molecular flexibility index (Phi) is 5.05. The number of benzene rings is 1. The molecule has 0 radical (unpaired) electrons. The van der Waals surface area contributed by atoms with Crippen LogP contribution in [0.25, 0.3) is 10.2 Å². The molecule has 3 aromatic rings. The molecule has 0 spiro atoms. The van der Waals surface area contributed by atoms with E-state index in [1.54, 1.807) is 0 Å². The van der Waals surface area contributed by atoms with E-state index in [0.29, 0.717) is 5.82 Å². The number of fused-ring (bicyclic) bond motifs is 1. The van der Waals surface area contributed by atoms with Crippen LogP contribution in [0.5, 0.6) is 5.75 Å². The van der Waals surface area contributed by atoms with Crippen LogP contribution in [-0.2, 0) is 6.18 Å². The van der Waals surface area contributed by atoms with Crippen molar-refractivity contribution in [3.8, 4) is 5.75 Å². The summed E-state index contributed by atoms with van der Waals surface area (Å²) in [6, 6.07) is 6.41. The van der Waals surface area contributed by atoms with E-state index in [2.05, 4.69) is 15.3 Å². The predicted octanol–water partition coefficient (Wildman–Crippen LogP) is 3.56. The fourth-order valence-corrected chi connectivity index (χ4v) is 2.89. The lowest BCUT2D eigenvalue weighted by Crippen LogP contribution is -2.26. The molecule has 0 amide bonds. The van der Waals surface area contributed by atoms with Crippen molar-refractivity contribution in [2.45, 2.75) is 12.3 Å². The Morgan fingerprint density at radius 1 is 1.24 bits per heavy atom. The van der Waals surface area contributed by atoms with Gasteiger partial charge in [-0.1, -0.05) is 6.07 Å². The van der Waals surface area contributed by atoms with Gasteiger partial charge in [0.2, 0.25) is 0 Å². The Bertz CT molecular complexity index is 854. The minimum Gasteiger partial charge on any atom is -0.491 e. The van der Waals surface area contributed by atoms with E-state index >= 15 is 0 Å². The van der Waals surface area contributed by atoms with Crippen LogP contribution in [0.4, 0.5) is 19.0 Å². The number of alkyl halides is 3. The molecule has 3 rings (SSSR count). The molecule has 0 fully saturated rings. The Hall–Kier alpha value is -2.39. The van der Waals surface area contributed by atoms with Crippen molar-refractivity contribution in [1.82, 2.24) is 9.97 Å². The highest BCUT2D eigenvalue weighted by Gasteiger charge is 2.30. The lowest BCUT2D eigenvalue weighted by molar-refractivity contribution is -0.137. The first kappa shape index (κ1) is 17.4. The molecule has 1 aromatic carbocycles. The van der Waals surface area contributed by atoms with Gasteiger partial charge in [0.25, 0.3) is 0 Å². The number of nitrogens with zero attached hydrogens (tertiary/aromatic N) is 2. The highest BCUT2D eigenvalue weighted by molar-refractivity contribution is 7.16. The van der Waals surface area contributed by atoms with E-state index < -0.39 is 17.8 Å². The Morgan fingerprint density at radius 3 is 2.88 bits per heavy atom. The van der Waals surface area contributed by atoms with Crippen molar-refractivity contribution >= 4 is 27.4 Å². The Balaban J connectivity index is 1.55. The van der Waals surface area contributed by atoms with Crippen LogP contribution in [0.2, 0.25) is 0 Å². The summed E-state index contributed by atoms with van der Waals surface area (Å²) in [5.74, 6) is 0.639. The zero-order chi connectivity index (χ0) is 17.9. The van der Waals surface area contributed by atoms with Gasteiger partial charge in [-0.3, -0.25) is 0 Å². The topological polar surface area (TPSA) is 67.3 Å². The largest absolute Gasteiger partial charge is 0.491 e. The van der Waals surface area contributed by atoms with Gasteiger partial charge in [-0.05, 0) is 29.6 Å². The zero-order valence-electron chi connectivity index (χ0n) is 12.8. The molecule has 1 unspecified atom stereocenters. The van der Waals surface area contributed by atoms with Crippen molar-refractivity contribution in [2.75, 3.05) is 18.5 Å². The van der Waals surface area contributed by atoms with Gasteiger partial charge in [0, 0.05) is 6.54 Å². The number of aliphatic hydroxyl groups excluding tert-OH is 1. The number of thiophene rings is 1. The molecular formula is C16H14F3N3O2S. The van der Waals surface area contributed by atoms with Gasteiger partial charge in [0.15, 0.2) is 0 Å². The number of hydrogen-bond acceptors (Lipinski definition) is 6. The van der Waals surface area contributed by atoms with Gasteiger partial charge < -0.3 is 15.2 Å². The van der Waals surface area contributed by atoms with Gasteiger partial charge >= 0.3 is 6.18 Å². The van der Waals surface area contributed by atoms with Crippen LogP contribution < -0.4 is 10.1 Å². The van der Waals surface area contributed by atoms with Gasteiger partial charge in [0.1, 0.15) is 35.4 Å². The molecular weight excluding hydrogens is 355 g/mol. The summed E-state index contributed by atoms with van der Waals surface area (Å²) in [6.45, 7) is -0.00685. The maximum Gasteiger partial charge on any atom is 0.416 e. The molecule has 25 heavy (non-hydrogen) atoms. The van der Waals surface area contributed by atoms with E-state index in [1.165, 1.54) is 29.8 Å². The average Bonchev–Trinajstić information content (AvgIpc) is 3.07. The van der Waals surface area contributed by atoms with Gasteiger partial charge in [0.05, 0.1) is 10.9 Å². The van der Waals surface area contributed by atoms with Gasteiger partial charge in [-0.15, -0.1) is 11.3 Å². The number of aromatic nitrogens is 2. The third-order valence-corrected chi connectivity index (χ3v) is 4.19. The van der Waals surface area contributed by atoms with Crippen LogP contribution in [0.1, 0.15) is 5.56 Å². The van der Waals surface area contributed by atoms with Crippen LogP contribution in [0, 0.1) is 0 Å². The summed E-state index contributed by atoms with van der Waals surface area (Å²) in [5.41, 5.74) is -0.793. The van der Waals surface area contributed by atoms with E-state index in [9.17, 15) is 18.3 Å². The second kappa shape index (κ2) is 7.24. The fraction of sp³-hybridized carbons (Fsp3) is 0.250. The normalized spacial score (nSPS) is 13.0. The number of anilines is 1. The smallest absolute Gasteiger partial charge is 0.416 e. The second-order valence-corrected chi connectivity index (χ2v) is 6.13. The molecule has 0 bridgehead atoms. The predicted molar refractivity (Wildman–Crippen MR) is 88.9 cm³/mol. The summed E-state index contributed by atoms with van der Waals surface area (Å²) in [6.07, 6.45) is -3.93. The summed E-state index contributed by atoms with van der Waals surface area (Å²) in [4.78, 5) is 9.06. The quantitative estimate of drug-likeness (QED) is 0.695. The summed E-state index contributed by atoms with van der Waals surface area (Å²) < 4.78 is 43.2. The highest BCUT2D eigenvalue weighted by Crippen LogP contribution is 2.31. The first-order valence-corrected chi connectivity index (χ1v) is 8.21. The zero-order valence-corrected chi connectivity index (χ0v) is 13.6. The molecule has 0 aliphatic rings. The maximum atomic E-state index is 12.7. The summed E-state index contributed by atoms with van der Waals surface area (Å²) in [5, 5.41) is 15.7. The number of aliphatic hydroxyl groups is 1. The molecule has 5 nitrogen and oxygen atoms in total. The highest BCUT2D eigenvalue weighted by atomic mass is 32.1. The molecule has 2 N–H and O–H groups in total. The van der Waals surface area contributed by atoms with E-state index in [4.69, 9.17) is 4.74 Å². The summed E-state index contributed by atoms with van der Waals surface area (Å²) >= 11 is 1.48. The number of rotatable bonds is 6. The molecule has 2 heterocycles. The van der Waals surface area contributed by atoms with E-state index in [1.807, 2.05) is 11.4 Å². The molecule has 2 aromatic heterocycles. The van der Waals surface area contributed by atoms with Crippen molar-refractivity contribution < 1.29 is 23.0 Å². The van der Waals surface area contributed by atoms with Crippen molar-refractivity contribution in [3.05, 3.63) is 47.6 Å². The van der Waals surface area contributed by atoms with Crippen molar-refractivity contribution in [2.24, 2.45) is 0 Å². The van der Waals surface area contributed by atoms with E-state index in [-0.39, 0.29) is 18.9 Å². The lowest BCUT2D eigenvalue weighted by Gasteiger charge is -2.15. The number of ether oxygens (including phenoxy) is 1. The number of nitrogens with one attached hydrogen (secondary N) is 1. The lowest BCUT2D eigenvalue weighted by atomic mass is 10.2. The van der Waals surface area contributed by atoms with E-state index in [0.717, 1.165) is 22.3 Å². The maximum absolute atomic E-state index is 12.7. The fourth-order valence-electron chi connectivity index (χ4n) is 2.16. The Labute approximate surface area is 145 Å². The monoisotopic (exact) mass is 369 g/mol. The van der Waals surface area contributed by atoms with Gasteiger partial charge in [-0.2, -0.15) is 13.2 Å². The molecule has 0 aliphatic heterocycles. The average molecular weight is 369 g/mol. The Morgan fingerprint density at radius 2 is 2.08 bits per heavy atom. The van der Waals surface area contributed by atoms with Gasteiger partial charge in [-0.25, -0.2) is 9.97 Å². The molecule has 0 saturated carbocycles. The first-order valence-electron chi connectivity index (χ1n) is 7.33. The van der Waals surface area contributed by atoms with Crippen LogP contribution in [0.3, 0.4) is 0 Å². The van der Waals surface area contributed by atoms with Crippen LogP contribution >= 0.6 is 11.3 Å². The molecule has 9 heteroatoms. The molecule has 0 saturated heterocycles. The first-order chi connectivity index (χ1) is 11.9. The minimum absolute atomic E-state index is 0.0520. The van der Waals surface area contributed by atoms with Crippen molar-refractivity contribution in [3.63, 3.8) is 0 Å². The third kappa shape index (κ3) is 4.37. The molecule has 132 valence electrons. The second-order valence-electron chi connectivity index (χ2n) is 5.23. The van der Waals surface area contributed by atoms with Crippen molar-refractivity contribution in [1.29, 1.82) is 0 Å². The molecule has 1 atom stereocenters. The minimum atomic E-state index is -4.43. The number of halogens is 3. The third-order valence-electron chi connectivity index (χ3n) is 3.37. The number of hydrogen-bond donors (Lipinski definition) is 2. The molecule has 0 aliphatic carbocycles. The standard InChI is InChI=1S/C16H14F3N3O2S/c17-16(18,19)10-2-1-3-12(6-10)24-8-11(23)7-20-14-13-4-5-25-15(13)22-9-21-14/h1-6,9,11,23H,7-8H2,(H,20,21,22). The summed E-state index contributed by atoms with van der Waals surface area (Å²) in [7, 11) is 0. The SMILES string of the molecule is OC(CNc1ncnc2sccc12)COc1cccc(C(F)(F)F)c1. The van der Waals surface area contributed by atoms with Crippen LogP contribution in [-0.4, -0.2) is 34.3 Å². The van der Waals surface area contributed by atoms with Crippen LogP contribution in [0.15, 0.2) is 42.0 Å².